The number of benzene rings is 2. The molecule has 3 rings (SSSR count). The standard InChI is InChI=1S/C21H21NO6/c1-27-11-10-22-18(14-4-3-5-15(23)12-14)17(20(25)21(22)26)19(24)13-6-8-16(28-2)9-7-13/h3-9,12,18,23-24H,10-11H2,1-2H3. The van der Waals surface area contributed by atoms with E-state index < -0.39 is 17.7 Å². The predicted octanol–water partition coefficient (Wildman–Crippen LogP) is 2.47. The van der Waals surface area contributed by atoms with Gasteiger partial charge in [-0.25, -0.2) is 0 Å². The molecule has 0 spiro atoms. The number of ketones is 1. The molecule has 0 aliphatic carbocycles. The molecule has 0 aromatic heterocycles. The summed E-state index contributed by atoms with van der Waals surface area (Å²) in [4.78, 5) is 26.7. The highest BCUT2D eigenvalue weighted by Gasteiger charge is 2.45. The zero-order chi connectivity index (χ0) is 20.3. The van der Waals surface area contributed by atoms with Gasteiger partial charge in [-0.3, -0.25) is 9.59 Å². The summed E-state index contributed by atoms with van der Waals surface area (Å²) in [6, 6.07) is 12.0. The first-order chi connectivity index (χ1) is 13.5. The van der Waals surface area contributed by atoms with Crippen molar-refractivity contribution in [3.63, 3.8) is 0 Å². The van der Waals surface area contributed by atoms with Gasteiger partial charge in [-0.15, -0.1) is 0 Å². The lowest BCUT2D eigenvalue weighted by Crippen LogP contribution is -2.32. The molecular formula is C21H21NO6. The van der Waals surface area contributed by atoms with Crippen LogP contribution >= 0.6 is 0 Å². The van der Waals surface area contributed by atoms with E-state index in [9.17, 15) is 19.8 Å². The van der Waals surface area contributed by atoms with Gasteiger partial charge in [-0.2, -0.15) is 0 Å². The van der Waals surface area contributed by atoms with E-state index in [1.165, 1.54) is 31.3 Å². The summed E-state index contributed by atoms with van der Waals surface area (Å²) < 4.78 is 10.2. The number of hydrogen-bond acceptors (Lipinski definition) is 6. The first-order valence-corrected chi connectivity index (χ1v) is 8.68. The number of hydrogen-bond donors (Lipinski definition) is 2. The van der Waals surface area contributed by atoms with Crippen LogP contribution in [0.25, 0.3) is 5.76 Å². The lowest BCUT2D eigenvalue weighted by Gasteiger charge is -2.25. The predicted molar refractivity (Wildman–Crippen MR) is 102 cm³/mol. The molecule has 146 valence electrons. The fourth-order valence-corrected chi connectivity index (χ4v) is 3.25. The topological polar surface area (TPSA) is 96.3 Å². The molecule has 7 nitrogen and oxygen atoms in total. The normalized spacial score (nSPS) is 18.5. The van der Waals surface area contributed by atoms with Crippen LogP contribution in [-0.2, 0) is 14.3 Å². The van der Waals surface area contributed by atoms with Crippen LogP contribution in [0.4, 0.5) is 0 Å². The van der Waals surface area contributed by atoms with E-state index in [-0.39, 0.29) is 30.2 Å². The van der Waals surface area contributed by atoms with E-state index >= 15 is 0 Å². The molecule has 0 radical (unpaired) electrons. The number of aromatic hydroxyl groups is 1. The number of carbonyl (C=O) groups is 2. The third kappa shape index (κ3) is 3.57. The fraction of sp³-hybridized carbons (Fsp3) is 0.238. The van der Waals surface area contributed by atoms with E-state index in [1.54, 1.807) is 36.4 Å². The molecule has 1 aliphatic heterocycles. The Morgan fingerprint density at radius 1 is 1.11 bits per heavy atom. The minimum atomic E-state index is -0.829. The third-order valence-electron chi connectivity index (χ3n) is 4.63. The molecular weight excluding hydrogens is 362 g/mol. The Labute approximate surface area is 162 Å². The van der Waals surface area contributed by atoms with Gasteiger partial charge in [-0.05, 0) is 42.0 Å². The smallest absolute Gasteiger partial charge is 0.295 e. The van der Waals surface area contributed by atoms with Gasteiger partial charge in [0.15, 0.2) is 0 Å². The second-order valence-electron chi connectivity index (χ2n) is 6.31. The largest absolute Gasteiger partial charge is 0.508 e. The average molecular weight is 383 g/mol. The van der Waals surface area contributed by atoms with Gasteiger partial charge in [0.1, 0.15) is 17.3 Å². The fourth-order valence-electron chi connectivity index (χ4n) is 3.25. The van der Waals surface area contributed by atoms with Crippen molar-refractivity contribution in [1.29, 1.82) is 0 Å². The van der Waals surface area contributed by atoms with Gasteiger partial charge in [0.2, 0.25) is 0 Å². The van der Waals surface area contributed by atoms with Crippen molar-refractivity contribution >= 4 is 17.4 Å². The van der Waals surface area contributed by atoms with E-state index in [2.05, 4.69) is 0 Å². The van der Waals surface area contributed by atoms with Crippen LogP contribution in [0, 0.1) is 0 Å². The van der Waals surface area contributed by atoms with Crippen molar-refractivity contribution in [3.05, 3.63) is 65.2 Å². The molecule has 1 aliphatic rings. The van der Waals surface area contributed by atoms with Crippen LogP contribution in [0.5, 0.6) is 11.5 Å². The van der Waals surface area contributed by atoms with E-state index in [0.717, 1.165) is 0 Å². The van der Waals surface area contributed by atoms with Gasteiger partial charge >= 0.3 is 0 Å². The third-order valence-corrected chi connectivity index (χ3v) is 4.63. The van der Waals surface area contributed by atoms with Gasteiger partial charge in [-0.1, -0.05) is 12.1 Å². The Morgan fingerprint density at radius 2 is 1.82 bits per heavy atom. The number of phenolic OH excluding ortho intramolecular Hbond substituents is 1. The summed E-state index contributed by atoms with van der Waals surface area (Å²) in [5.74, 6) is -1.19. The van der Waals surface area contributed by atoms with Crippen molar-refractivity contribution in [3.8, 4) is 11.5 Å². The maximum Gasteiger partial charge on any atom is 0.295 e. The highest BCUT2D eigenvalue weighted by Crippen LogP contribution is 2.40. The summed E-state index contributed by atoms with van der Waals surface area (Å²) in [7, 11) is 3.02. The van der Waals surface area contributed by atoms with E-state index in [1.807, 2.05) is 0 Å². The molecule has 1 atom stereocenters. The number of nitrogens with zero attached hydrogens (tertiary/aromatic N) is 1. The summed E-state index contributed by atoms with van der Waals surface area (Å²) in [5, 5.41) is 20.7. The summed E-state index contributed by atoms with van der Waals surface area (Å²) in [6.07, 6.45) is 0. The average Bonchev–Trinajstić information content (AvgIpc) is 2.96. The van der Waals surface area contributed by atoms with Gasteiger partial charge < -0.3 is 24.6 Å². The molecule has 1 saturated heterocycles. The van der Waals surface area contributed by atoms with Crippen molar-refractivity contribution in [1.82, 2.24) is 4.90 Å². The number of amides is 1. The Balaban J connectivity index is 2.14. The molecule has 2 aromatic rings. The van der Waals surface area contributed by atoms with Crippen LogP contribution in [0.3, 0.4) is 0 Å². The summed E-state index contributed by atoms with van der Waals surface area (Å²) >= 11 is 0. The highest BCUT2D eigenvalue weighted by atomic mass is 16.5. The lowest BCUT2D eigenvalue weighted by molar-refractivity contribution is -0.140. The van der Waals surface area contributed by atoms with E-state index in [4.69, 9.17) is 9.47 Å². The van der Waals surface area contributed by atoms with Gasteiger partial charge in [0, 0.05) is 19.2 Å². The van der Waals surface area contributed by atoms with E-state index in [0.29, 0.717) is 16.9 Å². The highest BCUT2D eigenvalue weighted by molar-refractivity contribution is 6.46. The van der Waals surface area contributed by atoms with Crippen molar-refractivity contribution < 1.29 is 29.3 Å². The minimum absolute atomic E-state index is 0.000670. The zero-order valence-corrected chi connectivity index (χ0v) is 15.6. The number of phenols is 1. The molecule has 7 heteroatoms. The lowest BCUT2D eigenvalue weighted by atomic mass is 9.95. The summed E-state index contributed by atoms with van der Waals surface area (Å²) in [6.45, 7) is 0.395. The number of rotatable bonds is 6. The van der Waals surface area contributed by atoms with Gasteiger partial charge in [0.25, 0.3) is 11.7 Å². The monoisotopic (exact) mass is 383 g/mol. The molecule has 2 aromatic carbocycles. The van der Waals surface area contributed by atoms with Crippen molar-refractivity contribution in [2.24, 2.45) is 0 Å². The van der Waals surface area contributed by atoms with Crippen LogP contribution in [0.1, 0.15) is 17.2 Å². The SMILES string of the molecule is COCCN1C(=O)C(=O)C(=C(O)c2ccc(OC)cc2)C1c1cccc(O)c1. The Bertz CT molecular complexity index is 919. The zero-order valence-electron chi connectivity index (χ0n) is 15.6. The number of carbonyl (C=O) groups excluding carboxylic acids is 2. The molecule has 2 N–H and O–H groups in total. The quantitative estimate of drug-likeness (QED) is 0.452. The first kappa shape index (κ1) is 19.4. The Hall–Kier alpha value is -3.32. The van der Waals surface area contributed by atoms with Gasteiger partial charge in [0.05, 0.1) is 25.3 Å². The van der Waals surface area contributed by atoms with Crippen molar-refractivity contribution in [2.75, 3.05) is 27.4 Å². The number of ether oxygens (including phenoxy) is 2. The van der Waals surface area contributed by atoms with Crippen LogP contribution in [-0.4, -0.2) is 54.2 Å². The summed E-state index contributed by atoms with van der Waals surface area (Å²) in [5.41, 5.74) is 0.873. The minimum Gasteiger partial charge on any atom is -0.508 e. The molecule has 1 amide bonds. The molecule has 0 saturated carbocycles. The molecule has 1 heterocycles. The Kier molecular flexibility index (Phi) is 5.65. The van der Waals surface area contributed by atoms with Crippen LogP contribution in [0.2, 0.25) is 0 Å². The second-order valence-corrected chi connectivity index (χ2v) is 6.31. The maximum absolute atomic E-state index is 12.7. The molecule has 28 heavy (non-hydrogen) atoms. The molecule has 0 bridgehead atoms. The maximum atomic E-state index is 12.7. The number of aliphatic hydroxyl groups excluding tert-OH is 1. The number of methoxy groups -OCH3 is 2. The van der Waals surface area contributed by atoms with Crippen LogP contribution in [0.15, 0.2) is 54.1 Å². The number of aliphatic hydroxyl groups is 1. The second kappa shape index (κ2) is 8.14. The first-order valence-electron chi connectivity index (χ1n) is 8.68. The molecule has 1 fully saturated rings. The number of likely N-dealkylation sites (tertiary alicyclic amines) is 1. The number of Topliss-reactive ketones (excluding diaryl/α,β-unsaturated/α-hetero) is 1. The van der Waals surface area contributed by atoms with Crippen molar-refractivity contribution in [2.45, 2.75) is 6.04 Å². The molecule has 1 unspecified atom stereocenters. The van der Waals surface area contributed by atoms with Crippen LogP contribution < -0.4 is 4.74 Å². The Morgan fingerprint density at radius 3 is 2.43 bits per heavy atom.